The van der Waals surface area contributed by atoms with Gasteiger partial charge < -0.3 is 9.84 Å². The van der Waals surface area contributed by atoms with Gasteiger partial charge in [0.1, 0.15) is 0 Å². The van der Waals surface area contributed by atoms with Gasteiger partial charge in [0.05, 0.1) is 17.2 Å². The Labute approximate surface area is 141 Å². The summed E-state index contributed by atoms with van der Waals surface area (Å²) in [6.45, 7) is 2.18. The number of carbonyl (C=O) groups is 1. The van der Waals surface area contributed by atoms with Crippen LogP contribution in [-0.4, -0.2) is 46.8 Å². The van der Waals surface area contributed by atoms with Crippen molar-refractivity contribution in [2.24, 2.45) is 0 Å². The van der Waals surface area contributed by atoms with Gasteiger partial charge >= 0.3 is 5.97 Å². The van der Waals surface area contributed by atoms with Gasteiger partial charge in [0.2, 0.25) is 0 Å². The zero-order chi connectivity index (χ0) is 16.1. The van der Waals surface area contributed by atoms with Gasteiger partial charge in [-0.05, 0) is 25.7 Å². The van der Waals surface area contributed by atoms with E-state index in [2.05, 4.69) is 10.3 Å². The average molecular weight is 338 g/mol. The first-order valence-electron chi connectivity index (χ1n) is 8.70. The van der Waals surface area contributed by atoms with Gasteiger partial charge in [0.15, 0.2) is 0 Å². The number of rotatable bonds is 6. The summed E-state index contributed by atoms with van der Waals surface area (Å²) < 4.78 is 5.40. The molecule has 0 spiro atoms. The highest BCUT2D eigenvalue weighted by Crippen LogP contribution is 2.34. The topological polar surface area (TPSA) is 62.7 Å². The van der Waals surface area contributed by atoms with E-state index in [1.807, 2.05) is 0 Å². The minimum absolute atomic E-state index is 0.0843. The second-order valence-corrected chi connectivity index (χ2v) is 7.54. The molecule has 0 aromatic carbocycles. The third-order valence-corrected chi connectivity index (χ3v) is 5.99. The van der Waals surface area contributed by atoms with Crippen molar-refractivity contribution in [3.63, 3.8) is 0 Å². The molecule has 1 aliphatic heterocycles. The summed E-state index contributed by atoms with van der Waals surface area (Å²) in [6, 6.07) is 0.291. The molecule has 0 atom stereocenters. The highest BCUT2D eigenvalue weighted by molar-refractivity contribution is 7.09. The summed E-state index contributed by atoms with van der Waals surface area (Å²) in [5, 5.41) is 12.6. The SMILES string of the molecule is O=C(O)CN(Cc1csc(C2CCCCC2)n1)C1CCOCC1. The van der Waals surface area contributed by atoms with E-state index in [9.17, 15) is 9.90 Å². The van der Waals surface area contributed by atoms with E-state index in [1.54, 1.807) is 11.3 Å². The van der Waals surface area contributed by atoms with Crippen LogP contribution in [0.15, 0.2) is 5.38 Å². The predicted molar refractivity (Wildman–Crippen MR) is 89.8 cm³/mol. The van der Waals surface area contributed by atoms with E-state index in [-0.39, 0.29) is 6.54 Å². The fourth-order valence-electron chi connectivity index (χ4n) is 3.68. The number of hydrogen-bond donors (Lipinski definition) is 1. The van der Waals surface area contributed by atoms with Gasteiger partial charge in [-0.15, -0.1) is 11.3 Å². The van der Waals surface area contributed by atoms with Crippen LogP contribution in [0.3, 0.4) is 0 Å². The monoisotopic (exact) mass is 338 g/mol. The van der Waals surface area contributed by atoms with Crippen molar-refractivity contribution in [2.75, 3.05) is 19.8 Å². The van der Waals surface area contributed by atoms with Gasteiger partial charge in [-0.3, -0.25) is 9.69 Å². The van der Waals surface area contributed by atoms with Crippen LogP contribution in [0.25, 0.3) is 0 Å². The van der Waals surface area contributed by atoms with Crippen molar-refractivity contribution in [3.8, 4) is 0 Å². The molecule has 0 unspecified atom stereocenters. The molecular weight excluding hydrogens is 312 g/mol. The Balaban J connectivity index is 1.64. The van der Waals surface area contributed by atoms with Gasteiger partial charge in [-0.25, -0.2) is 4.98 Å². The van der Waals surface area contributed by atoms with Crippen LogP contribution >= 0.6 is 11.3 Å². The lowest BCUT2D eigenvalue weighted by Crippen LogP contribution is -2.41. The van der Waals surface area contributed by atoms with Crippen LogP contribution in [0.5, 0.6) is 0 Å². The number of thiazole rings is 1. The minimum Gasteiger partial charge on any atom is -0.480 e. The normalized spacial score (nSPS) is 20.9. The summed E-state index contributed by atoms with van der Waals surface area (Å²) >= 11 is 1.75. The highest BCUT2D eigenvalue weighted by atomic mass is 32.1. The Hall–Kier alpha value is -0.980. The average Bonchev–Trinajstić information content (AvgIpc) is 3.04. The molecule has 1 aromatic heterocycles. The molecule has 1 N–H and O–H groups in total. The molecule has 23 heavy (non-hydrogen) atoms. The quantitative estimate of drug-likeness (QED) is 0.862. The van der Waals surface area contributed by atoms with Gasteiger partial charge in [0, 0.05) is 37.1 Å². The van der Waals surface area contributed by atoms with Crippen molar-refractivity contribution in [1.82, 2.24) is 9.88 Å². The van der Waals surface area contributed by atoms with Gasteiger partial charge in [0.25, 0.3) is 0 Å². The first-order valence-corrected chi connectivity index (χ1v) is 9.58. The second-order valence-electron chi connectivity index (χ2n) is 6.65. The molecule has 2 heterocycles. The van der Waals surface area contributed by atoms with Crippen molar-refractivity contribution in [2.45, 2.75) is 63.5 Å². The number of hydrogen-bond acceptors (Lipinski definition) is 5. The van der Waals surface area contributed by atoms with Crippen LogP contribution < -0.4 is 0 Å². The summed E-state index contributed by atoms with van der Waals surface area (Å²) in [5.41, 5.74) is 1.03. The van der Waals surface area contributed by atoms with Crippen molar-refractivity contribution >= 4 is 17.3 Å². The van der Waals surface area contributed by atoms with E-state index in [0.29, 0.717) is 18.5 Å². The van der Waals surface area contributed by atoms with E-state index >= 15 is 0 Å². The molecular formula is C17H26N2O3S. The first-order chi connectivity index (χ1) is 11.2. The van der Waals surface area contributed by atoms with Crippen LogP contribution in [0, 0.1) is 0 Å². The van der Waals surface area contributed by atoms with Crippen LogP contribution in [-0.2, 0) is 16.1 Å². The molecule has 1 aliphatic carbocycles. The maximum atomic E-state index is 11.2. The predicted octanol–water partition coefficient (Wildman–Crippen LogP) is 3.26. The molecule has 2 fully saturated rings. The fraction of sp³-hybridized carbons (Fsp3) is 0.765. The molecule has 1 aromatic rings. The molecule has 0 radical (unpaired) electrons. The maximum absolute atomic E-state index is 11.2. The number of ether oxygens (including phenoxy) is 1. The van der Waals surface area contributed by atoms with Crippen LogP contribution in [0.2, 0.25) is 0 Å². The standard InChI is InChI=1S/C17H26N2O3S/c20-16(21)11-19(15-6-8-22-9-7-15)10-14-12-23-17(18-14)13-4-2-1-3-5-13/h12-13,15H,1-11H2,(H,20,21). The van der Waals surface area contributed by atoms with Crippen LogP contribution in [0.4, 0.5) is 0 Å². The molecule has 0 bridgehead atoms. The molecule has 3 rings (SSSR count). The molecule has 1 saturated heterocycles. The smallest absolute Gasteiger partial charge is 0.317 e. The summed E-state index contributed by atoms with van der Waals surface area (Å²) in [5.74, 6) is -0.141. The Morgan fingerprint density at radius 1 is 1.26 bits per heavy atom. The summed E-state index contributed by atoms with van der Waals surface area (Å²) in [7, 11) is 0. The molecule has 2 aliphatic rings. The third-order valence-electron chi connectivity index (χ3n) is 4.93. The molecule has 128 valence electrons. The largest absolute Gasteiger partial charge is 0.480 e. The van der Waals surface area contributed by atoms with E-state index in [4.69, 9.17) is 9.72 Å². The highest BCUT2D eigenvalue weighted by Gasteiger charge is 2.25. The fourth-order valence-corrected chi connectivity index (χ4v) is 4.66. The van der Waals surface area contributed by atoms with Crippen LogP contribution in [0.1, 0.15) is 61.6 Å². The number of aliphatic carboxylic acids is 1. The summed E-state index contributed by atoms with van der Waals surface area (Å²) in [6.07, 6.45) is 8.31. The number of aromatic nitrogens is 1. The van der Waals surface area contributed by atoms with Gasteiger partial charge in [-0.1, -0.05) is 19.3 Å². The first kappa shape index (κ1) is 16.9. The Bertz CT molecular complexity index is 508. The third kappa shape index (κ3) is 4.75. The van der Waals surface area contributed by atoms with Crippen molar-refractivity contribution in [3.05, 3.63) is 16.1 Å². The zero-order valence-electron chi connectivity index (χ0n) is 13.6. The lowest BCUT2D eigenvalue weighted by atomic mass is 9.90. The zero-order valence-corrected chi connectivity index (χ0v) is 14.4. The van der Waals surface area contributed by atoms with E-state index < -0.39 is 5.97 Å². The minimum atomic E-state index is -0.765. The molecule has 0 amide bonds. The molecule has 6 heteroatoms. The lowest BCUT2D eigenvalue weighted by Gasteiger charge is -2.32. The number of nitrogens with zero attached hydrogens (tertiary/aromatic N) is 2. The van der Waals surface area contributed by atoms with E-state index in [0.717, 1.165) is 31.7 Å². The number of carboxylic acids is 1. The number of carboxylic acid groups (broad SMARTS) is 1. The maximum Gasteiger partial charge on any atom is 0.317 e. The molecule has 1 saturated carbocycles. The molecule has 5 nitrogen and oxygen atoms in total. The lowest BCUT2D eigenvalue weighted by molar-refractivity contribution is -0.139. The summed E-state index contributed by atoms with van der Waals surface area (Å²) in [4.78, 5) is 18.1. The van der Waals surface area contributed by atoms with E-state index in [1.165, 1.54) is 37.1 Å². The Morgan fingerprint density at radius 3 is 2.70 bits per heavy atom. The van der Waals surface area contributed by atoms with Crippen molar-refractivity contribution < 1.29 is 14.6 Å². The second kappa shape index (κ2) is 8.22. The Morgan fingerprint density at radius 2 is 2.00 bits per heavy atom. The van der Waals surface area contributed by atoms with Crippen molar-refractivity contribution in [1.29, 1.82) is 0 Å². The Kier molecular flexibility index (Phi) is 6.02. The van der Waals surface area contributed by atoms with Gasteiger partial charge in [-0.2, -0.15) is 0 Å².